The van der Waals surface area contributed by atoms with Crippen LogP contribution in [0.3, 0.4) is 0 Å². The van der Waals surface area contributed by atoms with E-state index in [1.807, 2.05) is 13.8 Å². The zero-order valence-electron chi connectivity index (χ0n) is 20.6. The largest absolute Gasteiger partial charge is 0.480 e. The number of unbranched alkanes of at least 4 members (excludes halogenated alkanes) is 2. The molecule has 0 fully saturated rings. The van der Waals surface area contributed by atoms with Gasteiger partial charge in [0.2, 0.25) is 17.7 Å². The molecule has 0 bridgehead atoms. The molecule has 12 nitrogen and oxygen atoms in total. The van der Waals surface area contributed by atoms with Crippen LogP contribution in [0.4, 0.5) is 0 Å². The van der Waals surface area contributed by atoms with Crippen LogP contribution < -0.4 is 33.2 Å². The summed E-state index contributed by atoms with van der Waals surface area (Å²) in [5.74, 6) is -3.01. The van der Waals surface area contributed by atoms with Crippen LogP contribution in [0, 0.1) is 5.92 Å². The van der Waals surface area contributed by atoms with Gasteiger partial charge in [-0.3, -0.25) is 14.4 Å². The first-order valence-electron chi connectivity index (χ1n) is 11.9. The molecule has 0 rings (SSSR count). The molecule has 0 aliphatic heterocycles. The van der Waals surface area contributed by atoms with Crippen molar-refractivity contribution in [1.82, 2.24) is 16.0 Å². The lowest BCUT2D eigenvalue weighted by Crippen LogP contribution is -2.58. The van der Waals surface area contributed by atoms with E-state index in [9.17, 15) is 29.4 Å². The van der Waals surface area contributed by atoms with Gasteiger partial charge in [0.05, 0.1) is 12.1 Å². The van der Waals surface area contributed by atoms with Gasteiger partial charge in [-0.2, -0.15) is 0 Å². The number of aliphatic hydroxyl groups excluding tert-OH is 1. The van der Waals surface area contributed by atoms with Crippen molar-refractivity contribution >= 4 is 23.7 Å². The summed E-state index contributed by atoms with van der Waals surface area (Å²) in [6.45, 7) is 5.92. The van der Waals surface area contributed by atoms with Gasteiger partial charge in [0.1, 0.15) is 12.1 Å². The number of hydrogen-bond acceptors (Lipinski definition) is 8. The van der Waals surface area contributed by atoms with Gasteiger partial charge >= 0.3 is 5.97 Å². The smallest absolute Gasteiger partial charge is 0.328 e. The normalized spacial score (nSPS) is 15.6. The third-order valence-electron chi connectivity index (χ3n) is 5.27. The highest BCUT2D eigenvalue weighted by molar-refractivity contribution is 5.94. The van der Waals surface area contributed by atoms with E-state index in [0.717, 1.165) is 0 Å². The van der Waals surface area contributed by atoms with Crippen molar-refractivity contribution in [2.45, 2.75) is 96.0 Å². The van der Waals surface area contributed by atoms with Crippen LogP contribution >= 0.6 is 0 Å². The standard InChI is InChI=1S/C22H44N6O6/c1-13(2)12-15(25)19(30)26-16(8-4-6-10-23)20(31)27-17(9-5-7-11-24)21(32)28-18(14(3)29)22(33)34/h13-18,29H,4-12,23-25H2,1-3H3,(H,26,30)(H,27,31)(H,28,32)(H,33,34). The first-order valence-corrected chi connectivity index (χ1v) is 11.9. The molecule has 0 aromatic carbocycles. The number of carboxylic acids is 1. The maximum atomic E-state index is 13.1. The Labute approximate surface area is 201 Å². The van der Waals surface area contributed by atoms with Crippen molar-refractivity contribution < 1.29 is 29.4 Å². The van der Waals surface area contributed by atoms with Crippen LogP contribution in [0.2, 0.25) is 0 Å². The van der Waals surface area contributed by atoms with Crippen molar-refractivity contribution in [1.29, 1.82) is 0 Å². The van der Waals surface area contributed by atoms with Crippen LogP contribution in [-0.2, 0) is 19.2 Å². The molecule has 11 N–H and O–H groups in total. The lowest BCUT2D eigenvalue weighted by atomic mass is 10.0. The van der Waals surface area contributed by atoms with Crippen LogP contribution in [0.25, 0.3) is 0 Å². The summed E-state index contributed by atoms with van der Waals surface area (Å²) < 4.78 is 0. The van der Waals surface area contributed by atoms with Gasteiger partial charge in [-0.25, -0.2) is 4.79 Å². The lowest BCUT2D eigenvalue weighted by Gasteiger charge is -2.26. The summed E-state index contributed by atoms with van der Waals surface area (Å²) in [5.41, 5.74) is 17.0. The minimum atomic E-state index is -1.53. The Morgan fingerprint density at radius 3 is 1.59 bits per heavy atom. The van der Waals surface area contributed by atoms with Gasteiger partial charge < -0.3 is 43.4 Å². The Balaban J connectivity index is 5.50. The highest BCUT2D eigenvalue weighted by Crippen LogP contribution is 2.08. The average Bonchev–Trinajstić information content (AvgIpc) is 2.74. The Kier molecular flexibility index (Phi) is 16.0. The summed E-state index contributed by atoms with van der Waals surface area (Å²) in [6.07, 6.45) is 1.93. The fraction of sp³-hybridized carbons (Fsp3) is 0.818. The minimum absolute atomic E-state index is 0.192. The second-order valence-electron chi connectivity index (χ2n) is 8.99. The summed E-state index contributed by atoms with van der Waals surface area (Å²) in [4.78, 5) is 49.7. The van der Waals surface area contributed by atoms with E-state index in [1.165, 1.54) is 6.92 Å². The molecule has 0 radical (unpaired) electrons. The van der Waals surface area contributed by atoms with Gasteiger partial charge in [-0.05, 0) is 70.9 Å². The van der Waals surface area contributed by atoms with E-state index >= 15 is 0 Å². The molecular weight excluding hydrogens is 444 g/mol. The molecular formula is C22H44N6O6. The van der Waals surface area contributed by atoms with Crippen LogP contribution in [0.15, 0.2) is 0 Å². The summed E-state index contributed by atoms with van der Waals surface area (Å²) in [5, 5.41) is 26.5. The minimum Gasteiger partial charge on any atom is -0.480 e. The number of carbonyl (C=O) groups excluding carboxylic acids is 3. The predicted octanol–water partition coefficient (Wildman–Crippen LogP) is -1.46. The Bertz CT molecular complexity index is 645. The zero-order chi connectivity index (χ0) is 26.3. The lowest BCUT2D eigenvalue weighted by molar-refractivity contribution is -0.145. The van der Waals surface area contributed by atoms with Crippen molar-refractivity contribution in [2.75, 3.05) is 13.1 Å². The molecule has 0 aliphatic rings. The van der Waals surface area contributed by atoms with E-state index in [1.54, 1.807) is 0 Å². The number of hydrogen-bond donors (Lipinski definition) is 8. The third-order valence-corrected chi connectivity index (χ3v) is 5.27. The van der Waals surface area contributed by atoms with Gasteiger partial charge in [0.25, 0.3) is 0 Å². The Morgan fingerprint density at radius 2 is 1.21 bits per heavy atom. The summed E-state index contributed by atoms with van der Waals surface area (Å²) in [7, 11) is 0. The number of carbonyl (C=O) groups is 4. The maximum Gasteiger partial charge on any atom is 0.328 e. The molecule has 0 heterocycles. The van der Waals surface area contributed by atoms with E-state index in [4.69, 9.17) is 17.2 Å². The van der Waals surface area contributed by atoms with Gasteiger partial charge in [-0.1, -0.05) is 13.8 Å². The molecule has 12 heteroatoms. The fourth-order valence-corrected chi connectivity index (χ4v) is 3.33. The number of aliphatic carboxylic acids is 1. The number of rotatable bonds is 18. The van der Waals surface area contributed by atoms with Crippen molar-refractivity contribution in [3.8, 4) is 0 Å². The number of amides is 3. The maximum absolute atomic E-state index is 13.1. The van der Waals surface area contributed by atoms with Crippen LogP contribution in [0.1, 0.15) is 65.7 Å². The molecule has 0 saturated heterocycles. The van der Waals surface area contributed by atoms with Crippen LogP contribution in [0.5, 0.6) is 0 Å². The van der Waals surface area contributed by atoms with Crippen molar-refractivity contribution in [2.24, 2.45) is 23.1 Å². The van der Waals surface area contributed by atoms with Gasteiger partial charge in [-0.15, -0.1) is 0 Å². The molecule has 3 amide bonds. The van der Waals surface area contributed by atoms with E-state index < -0.39 is 54.0 Å². The SMILES string of the molecule is CC(C)CC(N)C(=O)NC(CCCCN)C(=O)NC(CCCCN)C(=O)NC(C(=O)O)C(C)O. The van der Waals surface area contributed by atoms with Crippen molar-refractivity contribution in [3.05, 3.63) is 0 Å². The highest BCUT2D eigenvalue weighted by atomic mass is 16.4. The Morgan fingerprint density at radius 1 is 0.765 bits per heavy atom. The second-order valence-corrected chi connectivity index (χ2v) is 8.99. The molecule has 5 unspecified atom stereocenters. The second kappa shape index (κ2) is 17.2. The van der Waals surface area contributed by atoms with Crippen LogP contribution in [-0.4, -0.2) is 77.3 Å². The van der Waals surface area contributed by atoms with E-state index in [0.29, 0.717) is 51.6 Å². The molecule has 0 aliphatic carbocycles. The number of nitrogens with one attached hydrogen (secondary N) is 3. The molecule has 0 aromatic heterocycles. The zero-order valence-corrected chi connectivity index (χ0v) is 20.6. The quantitative estimate of drug-likeness (QED) is 0.105. The summed E-state index contributed by atoms with van der Waals surface area (Å²) in [6, 6.07) is -4.32. The van der Waals surface area contributed by atoms with E-state index in [2.05, 4.69) is 16.0 Å². The molecule has 34 heavy (non-hydrogen) atoms. The van der Waals surface area contributed by atoms with E-state index in [-0.39, 0.29) is 12.3 Å². The average molecular weight is 489 g/mol. The fourth-order valence-electron chi connectivity index (χ4n) is 3.33. The molecule has 0 aromatic rings. The van der Waals surface area contributed by atoms with Gasteiger partial charge in [0, 0.05) is 0 Å². The molecule has 0 spiro atoms. The molecule has 5 atom stereocenters. The molecule has 0 saturated carbocycles. The van der Waals surface area contributed by atoms with Gasteiger partial charge in [0.15, 0.2) is 6.04 Å². The van der Waals surface area contributed by atoms with Crippen molar-refractivity contribution in [3.63, 3.8) is 0 Å². The Hall–Kier alpha value is -2.28. The highest BCUT2D eigenvalue weighted by Gasteiger charge is 2.31. The number of carboxylic acid groups (broad SMARTS) is 1. The third kappa shape index (κ3) is 12.8. The summed E-state index contributed by atoms with van der Waals surface area (Å²) >= 11 is 0. The first-order chi connectivity index (χ1) is 15.9. The topological polar surface area (TPSA) is 223 Å². The number of nitrogens with two attached hydrogens (primary N) is 3. The number of aliphatic hydroxyl groups is 1. The monoisotopic (exact) mass is 488 g/mol. The first kappa shape index (κ1) is 31.7. The predicted molar refractivity (Wildman–Crippen MR) is 128 cm³/mol. The molecule has 198 valence electrons.